The first-order valence-electron chi connectivity index (χ1n) is 11.6. The van der Waals surface area contributed by atoms with Gasteiger partial charge in [-0.25, -0.2) is 8.42 Å². The first-order chi connectivity index (χ1) is 17.1. The Morgan fingerprint density at radius 3 is 2.17 bits per heavy atom. The summed E-state index contributed by atoms with van der Waals surface area (Å²) in [6.45, 7) is 0.461. The van der Waals surface area contributed by atoms with Gasteiger partial charge in [0.15, 0.2) is 5.78 Å². The van der Waals surface area contributed by atoms with E-state index < -0.39 is 33.1 Å². The number of hydrogen-bond donors (Lipinski definition) is 0. The Labute approximate surface area is 207 Å². The number of carbonyl (C=O) groups is 1. The fraction of sp³-hybridized carbons (Fsp3) is 0.308. The van der Waals surface area contributed by atoms with Gasteiger partial charge in [0.2, 0.25) is 10.0 Å². The molecule has 1 aliphatic rings. The Kier molecular flexibility index (Phi) is 7.46. The molecule has 3 aromatic rings. The molecular formula is C26H25F3N2O4S. The highest BCUT2D eigenvalue weighted by Crippen LogP contribution is 2.32. The molecule has 1 saturated heterocycles. The highest BCUT2D eigenvalue weighted by Gasteiger charge is 2.30. The van der Waals surface area contributed by atoms with E-state index in [1.807, 2.05) is 0 Å². The van der Waals surface area contributed by atoms with Crippen LogP contribution in [-0.4, -0.2) is 36.2 Å². The standard InChI is InChI=1S/C26H25F3N2O4S/c27-26(28,29)22-7-5-6-21(16-22)19-8-10-20(11-9-19)24(32)18-30-17-23(12-13-25(30)33)36(34,35)31-14-3-1-2-4-15-31/h5-13,16-17H,1-4,14-15,18H2. The lowest BCUT2D eigenvalue weighted by molar-refractivity contribution is -0.137. The number of Topliss-reactive ketones (excluding diaryl/α,β-unsaturated/α-hetero) is 1. The maximum Gasteiger partial charge on any atom is 0.416 e. The van der Waals surface area contributed by atoms with Crippen LogP contribution in [0.4, 0.5) is 13.2 Å². The van der Waals surface area contributed by atoms with Crippen molar-refractivity contribution in [3.8, 4) is 11.1 Å². The van der Waals surface area contributed by atoms with Crippen LogP contribution in [0.3, 0.4) is 0 Å². The van der Waals surface area contributed by atoms with Crippen molar-refractivity contribution < 1.29 is 26.4 Å². The maximum absolute atomic E-state index is 13.1. The zero-order valence-electron chi connectivity index (χ0n) is 19.4. The van der Waals surface area contributed by atoms with Gasteiger partial charge in [-0.1, -0.05) is 49.2 Å². The minimum atomic E-state index is -4.46. The molecular weight excluding hydrogens is 493 g/mol. The van der Waals surface area contributed by atoms with Crippen LogP contribution in [0.2, 0.25) is 0 Å². The first kappa shape index (κ1) is 25.8. The van der Waals surface area contributed by atoms with Crippen LogP contribution in [0.5, 0.6) is 0 Å². The molecule has 2 heterocycles. The molecule has 190 valence electrons. The molecule has 0 atom stereocenters. The van der Waals surface area contributed by atoms with E-state index in [0.717, 1.165) is 48.4 Å². The summed E-state index contributed by atoms with van der Waals surface area (Å²) < 4.78 is 67.6. The fourth-order valence-electron chi connectivity index (χ4n) is 4.19. The molecule has 0 radical (unpaired) electrons. The monoisotopic (exact) mass is 518 g/mol. The van der Waals surface area contributed by atoms with Gasteiger partial charge < -0.3 is 4.57 Å². The van der Waals surface area contributed by atoms with Crippen molar-refractivity contribution in [1.29, 1.82) is 0 Å². The summed E-state index contributed by atoms with van der Waals surface area (Å²) in [6, 6.07) is 13.3. The third-order valence-corrected chi connectivity index (χ3v) is 8.09. The van der Waals surface area contributed by atoms with E-state index in [2.05, 4.69) is 0 Å². The Hall–Kier alpha value is -3.24. The molecule has 0 bridgehead atoms. The van der Waals surface area contributed by atoms with Gasteiger partial charge in [0.25, 0.3) is 5.56 Å². The summed E-state index contributed by atoms with van der Waals surface area (Å²) in [5.41, 5.74) is -0.182. The molecule has 1 aliphatic heterocycles. The van der Waals surface area contributed by atoms with E-state index in [1.54, 1.807) is 6.07 Å². The third-order valence-electron chi connectivity index (χ3n) is 6.20. The van der Waals surface area contributed by atoms with Crippen molar-refractivity contribution in [2.24, 2.45) is 0 Å². The lowest BCUT2D eigenvalue weighted by Gasteiger charge is -2.20. The molecule has 0 aliphatic carbocycles. The number of nitrogens with zero attached hydrogens (tertiary/aromatic N) is 2. The van der Waals surface area contributed by atoms with Crippen LogP contribution < -0.4 is 5.56 Å². The van der Waals surface area contributed by atoms with E-state index in [1.165, 1.54) is 46.9 Å². The van der Waals surface area contributed by atoms with E-state index in [-0.39, 0.29) is 17.0 Å². The fourth-order valence-corrected chi connectivity index (χ4v) is 5.72. The van der Waals surface area contributed by atoms with Crippen LogP contribution >= 0.6 is 0 Å². The number of benzene rings is 2. The van der Waals surface area contributed by atoms with Gasteiger partial charge in [-0.3, -0.25) is 9.59 Å². The van der Waals surface area contributed by atoms with E-state index in [4.69, 9.17) is 0 Å². The topological polar surface area (TPSA) is 76.5 Å². The second-order valence-corrected chi connectivity index (χ2v) is 10.7. The van der Waals surface area contributed by atoms with Crippen LogP contribution in [-0.2, 0) is 22.7 Å². The predicted molar refractivity (Wildman–Crippen MR) is 129 cm³/mol. The molecule has 36 heavy (non-hydrogen) atoms. The second kappa shape index (κ2) is 10.4. The lowest BCUT2D eigenvalue weighted by atomic mass is 10.0. The molecule has 0 amide bonds. The van der Waals surface area contributed by atoms with Crippen LogP contribution in [0.25, 0.3) is 11.1 Å². The number of alkyl halides is 3. The molecule has 2 aromatic carbocycles. The minimum Gasteiger partial charge on any atom is -0.306 e. The molecule has 0 spiro atoms. The quantitative estimate of drug-likeness (QED) is 0.431. The molecule has 0 saturated carbocycles. The molecule has 1 aromatic heterocycles. The van der Waals surface area contributed by atoms with Gasteiger partial charge in [-0.2, -0.15) is 17.5 Å². The number of ketones is 1. The number of pyridine rings is 1. The van der Waals surface area contributed by atoms with Gasteiger partial charge in [-0.15, -0.1) is 0 Å². The largest absolute Gasteiger partial charge is 0.416 e. The van der Waals surface area contributed by atoms with Crippen molar-refractivity contribution in [3.05, 3.63) is 88.3 Å². The molecule has 1 fully saturated rings. The van der Waals surface area contributed by atoms with Crippen molar-refractivity contribution in [2.75, 3.05) is 13.1 Å². The number of sulfonamides is 1. The Balaban J connectivity index is 1.53. The molecule has 0 N–H and O–H groups in total. The summed E-state index contributed by atoms with van der Waals surface area (Å²) in [6.07, 6.45) is 0.201. The average Bonchev–Trinajstić information content (AvgIpc) is 3.15. The third kappa shape index (κ3) is 5.76. The van der Waals surface area contributed by atoms with Crippen molar-refractivity contribution in [3.63, 3.8) is 0 Å². The summed E-state index contributed by atoms with van der Waals surface area (Å²) in [7, 11) is -3.79. The molecule has 6 nitrogen and oxygen atoms in total. The predicted octanol–water partition coefficient (Wildman–Crippen LogP) is 4.98. The van der Waals surface area contributed by atoms with Gasteiger partial charge in [0, 0.05) is 30.9 Å². The van der Waals surface area contributed by atoms with Crippen LogP contribution in [0, 0.1) is 0 Å². The normalized spacial score (nSPS) is 15.4. The highest BCUT2D eigenvalue weighted by atomic mass is 32.2. The highest BCUT2D eigenvalue weighted by molar-refractivity contribution is 7.89. The van der Waals surface area contributed by atoms with Gasteiger partial charge in [0.05, 0.1) is 17.0 Å². The zero-order valence-corrected chi connectivity index (χ0v) is 20.2. The Morgan fingerprint density at radius 2 is 1.53 bits per heavy atom. The van der Waals surface area contributed by atoms with Crippen LogP contribution in [0.1, 0.15) is 41.6 Å². The zero-order chi connectivity index (χ0) is 25.9. The number of aromatic nitrogens is 1. The molecule has 4 rings (SSSR count). The lowest BCUT2D eigenvalue weighted by Crippen LogP contribution is -2.33. The molecule has 0 unspecified atom stereocenters. The van der Waals surface area contributed by atoms with E-state index in [9.17, 15) is 31.2 Å². The van der Waals surface area contributed by atoms with Crippen molar-refractivity contribution in [2.45, 2.75) is 43.3 Å². The van der Waals surface area contributed by atoms with Gasteiger partial charge in [0.1, 0.15) is 0 Å². The SMILES string of the molecule is O=C(Cn1cc(S(=O)(=O)N2CCCCCC2)ccc1=O)c1ccc(-c2cccc(C(F)(F)F)c2)cc1. The summed E-state index contributed by atoms with van der Waals surface area (Å²) in [5.74, 6) is -0.433. The number of carbonyl (C=O) groups excluding carboxylic acids is 1. The molecule has 10 heteroatoms. The summed E-state index contributed by atoms with van der Waals surface area (Å²) in [5, 5.41) is 0. The first-order valence-corrected chi connectivity index (χ1v) is 13.0. The number of halogens is 3. The maximum atomic E-state index is 13.1. The second-order valence-electron chi connectivity index (χ2n) is 8.73. The number of rotatable bonds is 6. The van der Waals surface area contributed by atoms with Gasteiger partial charge >= 0.3 is 6.18 Å². The van der Waals surface area contributed by atoms with Gasteiger partial charge in [-0.05, 0) is 42.2 Å². The van der Waals surface area contributed by atoms with Crippen LogP contribution in [0.15, 0.2) is 76.6 Å². The Morgan fingerprint density at radius 1 is 0.861 bits per heavy atom. The number of hydrogen-bond acceptors (Lipinski definition) is 4. The Bertz CT molecular complexity index is 1410. The summed E-state index contributed by atoms with van der Waals surface area (Å²) in [4.78, 5) is 25.2. The van der Waals surface area contributed by atoms with Crippen molar-refractivity contribution >= 4 is 15.8 Å². The van der Waals surface area contributed by atoms with E-state index >= 15 is 0 Å². The van der Waals surface area contributed by atoms with Crippen molar-refractivity contribution in [1.82, 2.24) is 8.87 Å². The van der Waals surface area contributed by atoms with E-state index in [0.29, 0.717) is 24.2 Å². The minimum absolute atomic E-state index is 0.0447. The average molecular weight is 519 g/mol. The smallest absolute Gasteiger partial charge is 0.306 e. The summed E-state index contributed by atoms with van der Waals surface area (Å²) >= 11 is 0.